The third kappa shape index (κ3) is 3.21. The molecule has 0 saturated carbocycles. The van der Waals surface area contributed by atoms with Crippen LogP contribution in [-0.2, 0) is 6.42 Å². The standard InChI is InChI=1S/C15H16F2N4O2/c1-8-2-11(20-19-8)3-9-6-21(7-13(9)22)15(23)14-12(17)4-10(16)5-18-14/h2,4-5,9,13,22H,3,6-7H2,1H3,(H,19,20)/t9-,13-/m1/s1. The molecule has 3 rings (SSSR count). The number of carbonyl (C=O) groups is 1. The van der Waals surface area contributed by atoms with Crippen LogP contribution in [0.15, 0.2) is 18.3 Å². The highest BCUT2D eigenvalue weighted by Gasteiger charge is 2.36. The number of likely N-dealkylation sites (tertiary alicyclic amines) is 1. The zero-order valence-corrected chi connectivity index (χ0v) is 12.5. The van der Waals surface area contributed by atoms with Crippen molar-refractivity contribution in [2.24, 2.45) is 5.92 Å². The summed E-state index contributed by atoms with van der Waals surface area (Å²) in [6.07, 6.45) is 0.584. The Balaban J connectivity index is 1.71. The number of halogens is 2. The van der Waals surface area contributed by atoms with E-state index in [-0.39, 0.29) is 19.0 Å². The zero-order valence-electron chi connectivity index (χ0n) is 12.5. The Morgan fingerprint density at radius 1 is 1.43 bits per heavy atom. The third-order valence-electron chi connectivity index (χ3n) is 3.93. The molecule has 1 aliphatic rings. The van der Waals surface area contributed by atoms with Gasteiger partial charge in [0.2, 0.25) is 0 Å². The number of rotatable bonds is 3. The predicted molar refractivity (Wildman–Crippen MR) is 76.6 cm³/mol. The van der Waals surface area contributed by atoms with Crippen LogP contribution >= 0.6 is 0 Å². The topological polar surface area (TPSA) is 82.1 Å². The average molecular weight is 322 g/mol. The van der Waals surface area contributed by atoms with E-state index in [2.05, 4.69) is 15.2 Å². The van der Waals surface area contributed by atoms with Crippen LogP contribution in [0.3, 0.4) is 0 Å². The van der Waals surface area contributed by atoms with E-state index in [0.29, 0.717) is 12.5 Å². The molecular formula is C15H16F2N4O2. The van der Waals surface area contributed by atoms with Crippen LogP contribution in [0.4, 0.5) is 8.78 Å². The van der Waals surface area contributed by atoms with Gasteiger partial charge in [-0.1, -0.05) is 0 Å². The Kier molecular flexibility index (Phi) is 4.08. The summed E-state index contributed by atoms with van der Waals surface area (Å²) >= 11 is 0. The Hall–Kier alpha value is -2.35. The molecule has 0 bridgehead atoms. The summed E-state index contributed by atoms with van der Waals surface area (Å²) in [5, 5.41) is 17.1. The van der Waals surface area contributed by atoms with Gasteiger partial charge < -0.3 is 10.0 Å². The SMILES string of the molecule is Cc1cc(C[C@@H]2CN(C(=O)c3ncc(F)cc3F)C[C@H]2O)n[nH]1. The van der Waals surface area contributed by atoms with Crippen molar-refractivity contribution in [1.82, 2.24) is 20.1 Å². The van der Waals surface area contributed by atoms with E-state index in [1.165, 1.54) is 4.90 Å². The van der Waals surface area contributed by atoms with Gasteiger partial charge in [0.1, 0.15) is 5.82 Å². The van der Waals surface area contributed by atoms with Crippen LogP contribution in [0.25, 0.3) is 0 Å². The number of nitrogens with zero attached hydrogens (tertiary/aromatic N) is 3. The number of nitrogens with one attached hydrogen (secondary N) is 1. The van der Waals surface area contributed by atoms with Crippen molar-refractivity contribution in [2.45, 2.75) is 19.4 Å². The molecule has 0 spiro atoms. The van der Waals surface area contributed by atoms with Crippen LogP contribution in [0.5, 0.6) is 0 Å². The van der Waals surface area contributed by atoms with Gasteiger partial charge >= 0.3 is 0 Å². The molecule has 2 atom stereocenters. The average Bonchev–Trinajstić information content (AvgIpc) is 3.05. The van der Waals surface area contributed by atoms with Gasteiger partial charge in [0.05, 0.1) is 18.0 Å². The van der Waals surface area contributed by atoms with Crippen molar-refractivity contribution in [3.05, 3.63) is 47.0 Å². The van der Waals surface area contributed by atoms with E-state index < -0.39 is 29.3 Å². The number of aromatic nitrogens is 3. The maximum atomic E-state index is 13.7. The molecule has 1 aliphatic heterocycles. The largest absolute Gasteiger partial charge is 0.391 e. The number of hydrogen-bond donors (Lipinski definition) is 2. The zero-order chi connectivity index (χ0) is 16.6. The van der Waals surface area contributed by atoms with E-state index in [0.717, 1.165) is 17.6 Å². The summed E-state index contributed by atoms with van der Waals surface area (Å²) in [4.78, 5) is 17.1. The van der Waals surface area contributed by atoms with Gasteiger partial charge in [0.15, 0.2) is 11.5 Å². The van der Waals surface area contributed by atoms with E-state index >= 15 is 0 Å². The van der Waals surface area contributed by atoms with Crippen LogP contribution < -0.4 is 0 Å². The number of hydrogen-bond acceptors (Lipinski definition) is 4. The molecule has 0 unspecified atom stereocenters. The van der Waals surface area contributed by atoms with Gasteiger partial charge in [0, 0.05) is 30.8 Å². The highest BCUT2D eigenvalue weighted by atomic mass is 19.1. The minimum Gasteiger partial charge on any atom is -0.391 e. The van der Waals surface area contributed by atoms with E-state index in [1.54, 1.807) is 0 Å². The highest BCUT2D eigenvalue weighted by molar-refractivity contribution is 5.92. The Morgan fingerprint density at radius 2 is 2.22 bits per heavy atom. The first-order chi connectivity index (χ1) is 10.9. The Morgan fingerprint density at radius 3 is 2.87 bits per heavy atom. The minimum absolute atomic E-state index is 0.0887. The first-order valence-electron chi connectivity index (χ1n) is 7.23. The Labute approximate surface area is 131 Å². The summed E-state index contributed by atoms with van der Waals surface area (Å²) in [5.74, 6) is -2.68. The van der Waals surface area contributed by atoms with Gasteiger partial charge in [-0.2, -0.15) is 5.10 Å². The van der Waals surface area contributed by atoms with Crippen LogP contribution in [0.1, 0.15) is 21.9 Å². The lowest BCUT2D eigenvalue weighted by Crippen LogP contribution is -2.31. The second-order valence-electron chi connectivity index (χ2n) is 5.77. The number of aryl methyl sites for hydroxylation is 1. The molecule has 2 aromatic rings. The third-order valence-corrected chi connectivity index (χ3v) is 3.93. The van der Waals surface area contributed by atoms with E-state index in [9.17, 15) is 18.7 Å². The highest BCUT2D eigenvalue weighted by Crippen LogP contribution is 2.23. The van der Waals surface area contributed by atoms with E-state index in [4.69, 9.17) is 0 Å². The first kappa shape index (κ1) is 15.5. The van der Waals surface area contributed by atoms with Crippen molar-refractivity contribution in [3.63, 3.8) is 0 Å². The molecule has 0 radical (unpaired) electrons. The number of aliphatic hydroxyl groups is 1. The lowest BCUT2D eigenvalue weighted by Gasteiger charge is -2.15. The van der Waals surface area contributed by atoms with Gasteiger partial charge in [0.25, 0.3) is 5.91 Å². The molecule has 0 aromatic carbocycles. The molecule has 0 aliphatic carbocycles. The number of amides is 1. The summed E-state index contributed by atoms with van der Waals surface area (Å²) in [5.41, 5.74) is 1.28. The molecule has 8 heteroatoms. The van der Waals surface area contributed by atoms with Gasteiger partial charge in [-0.05, 0) is 19.4 Å². The lowest BCUT2D eigenvalue weighted by molar-refractivity contribution is 0.0753. The number of β-amino-alcohol motifs (C(OH)–C–C–N with tert-alkyl or cyclic N) is 1. The number of aliphatic hydroxyl groups excluding tert-OH is 1. The number of carbonyl (C=O) groups excluding carboxylic acids is 1. The minimum atomic E-state index is -1.00. The fraction of sp³-hybridized carbons (Fsp3) is 0.400. The van der Waals surface area contributed by atoms with Crippen LogP contribution in [0, 0.1) is 24.5 Å². The number of pyridine rings is 1. The summed E-state index contributed by atoms with van der Waals surface area (Å²) in [6, 6.07) is 2.50. The van der Waals surface area contributed by atoms with Crippen molar-refractivity contribution >= 4 is 5.91 Å². The number of aromatic amines is 1. The molecule has 3 heterocycles. The number of H-pyrrole nitrogens is 1. The molecule has 1 fully saturated rings. The molecular weight excluding hydrogens is 306 g/mol. The molecule has 122 valence electrons. The molecule has 6 nitrogen and oxygen atoms in total. The summed E-state index contributed by atoms with van der Waals surface area (Å²) in [6.45, 7) is 2.23. The van der Waals surface area contributed by atoms with Crippen LogP contribution in [-0.4, -0.2) is 50.3 Å². The summed E-state index contributed by atoms with van der Waals surface area (Å²) < 4.78 is 26.6. The van der Waals surface area contributed by atoms with Crippen LogP contribution in [0.2, 0.25) is 0 Å². The molecule has 23 heavy (non-hydrogen) atoms. The smallest absolute Gasteiger partial charge is 0.275 e. The van der Waals surface area contributed by atoms with Gasteiger partial charge in [-0.25, -0.2) is 13.8 Å². The van der Waals surface area contributed by atoms with E-state index in [1.807, 2.05) is 13.0 Å². The van der Waals surface area contributed by atoms with Crippen molar-refractivity contribution in [2.75, 3.05) is 13.1 Å². The molecule has 2 aromatic heterocycles. The normalized spacial score (nSPS) is 21.0. The summed E-state index contributed by atoms with van der Waals surface area (Å²) in [7, 11) is 0. The second-order valence-corrected chi connectivity index (χ2v) is 5.77. The molecule has 2 N–H and O–H groups in total. The van der Waals surface area contributed by atoms with Gasteiger partial charge in [-0.15, -0.1) is 0 Å². The fourth-order valence-corrected chi connectivity index (χ4v) is 2.79. The second kappa shape index (κ2) is 6.04. The lowest BCUT2D eigenvalue weighted by atomic mass is 10.0. The molecule has 1 amide bonds. The van der Waals surface area contributed by atoms with Crippen molar-refractivity contribution < 1.29 is 18.7 Å². The molecule has 1 saturated heterocycles. The maximum absolute atomic E-state index is 13.7. The van der Waals surface area contributed by atoms with Crippen molar-refractivity contribution in [3.8, 4) is 0 Å². The first-order valence-corrected chi connectivity index (χ1v) is 7.23. The Bertz CT molecular complexity index is 734. The fourth-order valence-electron chi connectivity index (χ4n) is 2.79. The predicted octanol–water partition coefficient (Wildman–Crippen LogP) is 1.07. The van der Waals surface area contributed by atoms with Crippen molar-refractivity contribution in [1.29, 1.82) is 0 Å². The monoisotopic (exact) mass is 322 g/mol. The van der Waals surface area contributed by atoms with Gasteiger partial charge in [-0.3, -0.25) is 9.89 Å². The maximum Gasteiger partial charge on any atom is 0.275 e. The quantitative estimate of drug-likeness (QED) is 0.885.